The molecule has 0 fully saturated rings. The number of nitrogens with zero attached hydrogens (tertiary/aromatic N) is 5. The highest BCUT2D eigenvalue weighted by atomic mass is 16.1. The molecule has 0 spiro atoms. The lowest BCUT2D eigenvalue weighted by atomic mass is 10.2. The Bertz CT molecular complexity index is 882. The molecule has 3 heterocycles. The van der Waals surface area contributed by atoms with Crippen LogP contribution in [-0.4, -0.2) is 30.3 Å². The molecular weight excluding hydrogens is 284 g/mol. The lowest BCUT2D eigenvalue weighted by molar-refractivity contribution is -0.116. The summed E-state index contributed by atoms with van der Waals surface area (Å²) in [5.41, 5.74) is 1.12. The number of rotatable bonds is 4. The predicted octanol–water partition coefficient (Wildman–Crippen LogP) is 0.394. The Kier molecular flexibility index (Phi) is 3.65. The lowest BCUT2D eigenvalue weighted by Gasteiger charge is -2.03. The SMILES string of the molecule is Cn1cc(NC(=O)CCc2nnc3ccccn3c2=O)cn1. The van der Waals surface area contributed by atoms with Gasteiger partial charge in [0.2, 0.25) is 5.91 Å². The smallest absolute Gasteiger partial charge is 0.279 e. The highest BCUT2D eigenvalue weighted by Gasteiger charge is 2.10. The summed E-state index contributed by atoms with van der Waals surface area (Å²) in [5.74, 6) is -0.202. The third-order valence-corrected chi connectivity index (χ3v) is 3.15. The van der Waals surface area contributed by atoms with E-state index < -0.39 is 0 Å². The molecule has 0 atom stereocenters. The topological polar surface area (TPSA) is 94.2 Å². The molecule has 0 saturated carbocycles. The molecule has 0 radical (unpaired) electrons. The van der Waals surface area contributed by atoms with Crippen molar-refractivity contribution in [2.24, 2.45) is 7.05 Å². The summed E-state index contributed by atoms with van der Waals surface area (Å²) in [6.07, 6.45) is 5.27. The molecule has 3 rings (SSSR count). The van der Waals surface area contributed by atoms with E-state index in [9.17, 15) is 9.59 Å². The van der Waals surface area contributed by atoms with E-state index in [0.29, 0.717) is 11.3 Å². The number of carbonyl (C=O) groups is 1. The molecule has 0 unspecified atom stereocenters. The summed E-state index contributed by atoms with van der Waals surface area (Å²) in [6, 6.07) is 5.23. The van der Waals surface area contributed by atoms with Crippen molar-refractivity contribution in [1.82, 2.24) is 24.4 Å². The first-order valence-corrected chi connectivity index (χ1v) is 6.75. The van der Waals surface area contributed by atoms with Crippen molar-refractivity contribution in [2.45, 2.75) is 12.8 Å². The van der Waals surface area contributed by atoms with Crippen LogP contribution in [0.5, 0.6) is 0 Å². The van der Waals surface area contributed by atoms with Gasteiger partial charge in [0.25, 0.3) is 5.56 Å². The number of aryl methyl sites for hydroxylation is 2. The van der Waals surface area contributed by atoms with Gasteiger partial charge in [-0.1, -0.05) is 6.07 Å². The van der Waals surface area contributed by atoms with Crippen LogP contribution in [0, 0.1) is 0 Å². The summed E-state index contributed by atoms with van der Waals surface area (Å²) in [5, 5.41) is 14.6. The third-order valence-electron chi connectivity index (χ3n) is 3.15. The monoisotopic (exact) mass is 298 g/mol. The van der Waals surface area contributed by atoms with E-state index in [2.05, 4.69) is 20.6 Å². The van der Waals surface area contributed by atoms with E-state index >= 15 is 0 Å². The average Bonchev–Trinajstić information content (AvgIpc) is 2.92. The maximum atomic E-state index is 12.2. The summed E-state index contributed by atoms with van der Waals surface area (Å²) < 4.78 is 3.01. The van der Waals surface area contributed by atoms with Crippen molar-refractivity contribution in [3.05, 3.63) is 52.8 Å². The number of fused-ring (bicyclic) bond motifs is 1. The summed E-state index contributed by atoms with van der Waals surface area (Å²) in [7, 11) is 1.77. The Hall–Kier alpha value is -3.03. The largest absolute Gasteiger partial charge is 0.323 e. The Labute approximate surface area is 125 Å². The molecule has 8 heteroatoms. The van der Waals surface area contributed by atoms with E-state index in [0.717, 1.165) is 0 Å². The number of pyridine rings is 1. The van der Waals surface area contributed by atoms with Crippen LogP contribution in [0.2, 0.25) is 0 Å². The van der Waals surface area contributed by atoms with Crippen molar-refractivity contribution in [3.63, 3.8) is 0 Å². The highest BCUT2D eigenvalue weighted by Crippen LogP contribution is 2.05. The molecular formula is C14H14N6O2. The molecule has 0 aromatic carbocycles. The number of hydrogen-bond acceptors (Lipinski definition) is 5. The predicted molar refractivity (Wildman–Crippen MR) is 79.4 cm³/mol. The van der Waals surface area contributed by atoms with Gasteiger partial charge in [-0.25, -0.2) is 0 Å². The van der Waals surface area contributed by atoms with Gasteiger partial charge in [-0.2, -0.15) is 5.10 Å². The van der Waals surface area contributed by atoms with Crippen LogP contribution in [0.3, 0.4) is 0 Å². The molecule has 1 amide bonds. The molecule has 0 aliphatic heterocycles. The quantitative estimate of drug-likeness (QED) is 0.752. The minimum Gasteiger partial charge on any atom is -0.323 e. The number of anilines is 1. The Morgan fingerprint density at radius 2 is 2.18 bits per heavy atom. The van der Waals surface area contributed by atoms with Gasteiger partial charge in [-0.3, -0.25) is 18.7 Å². The second-order valence-electron chi connectivity index (χ2n) is 4.83. The molecule has 0 aliphatic rings. The zero-order chi connectivity index (χ0) is 15.5. The maximum absolute atomic E-state index is 12.2. The van der Waals surface area contributed by atoms with Crippen molar-refractivity contribution < 1.29 is 4.79 Å². The number of nitrogens with one attached hydrogen (secondary N) is 1. The lowest BCUT2D eigenvalue weighted by Crippen LogP contribution is -2.23. The first-order chi connectivity index (χ1) is 10.6. The molecule has 22 heavy (non-hydrogen) atoms. The van der Waals surface area contributed by atoms with Crippen LogP contribution < -0.4 is 10.9 Å². The summed E-state index contributed by atoms with van der Waals surface area (Å²) >= 11 is 0. The first-order valence-electron chi connectivity index (χ1n) is 6.75. The fourth-order valence-corrected chi connectivity index (χ4v) is 2.08. The molecule has 0 saturated heterocycles. The van der Waals surface area contributed by atoms with E-state index in [-0.39, 0.29) is 30.0 Å². The molecule has 0 bridgehead atoms. The third kappa shape index (κ3) is 2.85. The van der Waals surface area contributed by atoms with E-state index in [1.165, 1.54) is 4.40 Å². The first kappa shape index (κ1) is 13.9. The van der Waals surface area contributed by atoms with Crippen molar-refractivity contribution in [1.29, 1.82) is 0 Å². The number of amides is 1. The van der Waals surface area contributed by atoms with E-state index in [1.54, 1.807) is 48.5 Å². The van der Waals surface area contributed by atoms with Crippen LogP contribution in [0.25, 0.3) is 5.65 Å². The van der Waals surface area contributed by atoms with Crippen LogP contribution in [-0.2, 0) is 18.3 Å². The molecule has 1 N–H and O–H groups in total. The van der Waals surface area contributed by atoms with Crippen molar-refractivity contribution >= 4 is 17.2 Å². The van der Waals surface area contributed by atoms with Gasteiger partial charge in [0, 0.05) is 32.3 Å². The minimum atomic E-state index is -0.250. The Balaban J connectivity index is 1.70. The number of aromatic nitrogens is 5. The molecule has 0 aliphatic carbocycles. The van der Waals surface area contributed by atoms with E-state index in [4.69, 9.17) is 0 Å². The fourth-order valence-electron chi connectivity index (χ4n) is 2.08. The number of hydrogen-bond donors (Lipinski definition) is 1. The van der Waals surface area contributed by atoms with Gasteiger partial charge in [-0.15, -0.1) is 10.2 Å². The Morgan fingerprint density at radius 3 is 2.95 bits per heavy atom. The maximum Gasteiger partial charge on any atom is 0.279 e. The second kappa shape index (κ2) is 5.76. The number of carbonyl (C=O) groups excluding carboxylic acids is 1. The van der Waals surface area contributed by atoms with Crippen LogP contribution in [0.4, 0.5) is 5.69 Å². The summed E-state index contributed by atoms with van der Waals surface area (Å²) in [6.45, 7) is 0. The zero-order valence-corrected chi connectivity index (χ0v) is 11.9. The van der Waals surface area contributed by atoms with Crippen molar-refractivity contribution in [3.8, 4) is 0 Å². The normalized spacial score (nSPS) is 10.8. The van der Waals surface area contributed by atoms with Gasteiger partial charge < -0.3 is 5.32 Å². The van der Waals surface area contributed by atoms with Gasteiger partial charge in [0.1, 0.15) is 5.69 Å². The fraction of sp³-hybridized carbons (Fsp3) is 0.214. The summed E-state index contributed by atoms with van der Waals surface area (Å²) in [4.78, 5) is 24.1. The average molecular weight is 298 g/mol. The zero-order valence-electron chi connectivity index (χ0n) is 11.9. The van der Waals surface area contributed by atoms with Gasteiger partial charge in [-0.05, 0) is 12.1 Å². The minimum absolute atomic E-state index is 0.151. The molecule has 112 valence electrons. The van der Waals surface area contributed by atoms with Crippen LogP contribution >= 0.6 is 0 Å². The second-order valence-corrected chi connectivity index (χ2v) is 4.83. The molecule has 3 aromatic rings. The van der Waals surface area contributed by atoms with E-state index in [1.807, 2.05) is 0 Å². The Morgan fingerprint density at radius 1 is 1.32 bits per heavy atom. The molecule has 3 aromatic heterocycles. The molecule has 8 nitrogen and oxygen atoms in total. The van der Waals surface area contributed by atoms with Crippen LogP contribution in [0.1, 0.15) is 12.1 Å². The highest BCUT2D eigenvalue weighted by molar-refractivity contribution is 5.90. The van der Waals surface area contributed by atoms with Gasteiger partial charge >= 0.3 is 0 Å². The van der Waals surface area contributed by atoms with Crippen molar-refractivity contribution in [2.75, 3.05) is 5.32 Å². The van der Waals surface area contributed by atoms with Crippen LogP contribution in [0.15, 0.2) is 41.6 Å². The standard InChI is InChI=1S/C14H14N6O2/c1-19-9-10(8-15-19)16-13(21)6-5-11-14(22)20-7-3-2-4-12(20)18-17-11/h2-4,7-9H,5-6H2,1H3,(H,16,21). The van der Waals surface area contributed by atoms with Gasteiger partial charge in [0.05, 0.1) is 11.9 Å². The van der Waals surface area contributed by atoms with Gasteiger partial charge in [0.15, 0.2) is 5.65 Å².